The Bertz CT molecular complexity index is 525. The third-order valence-corrected chi connectivity index (χ3v) is 3.64. The van der Waals surface area contributed by atoms with Gasteiger partial charge in [-0.25, -0.2) is 14.3 Å². The van der Waals surface area contributed by atoms with Gasteiger partial charge >= 0.3 is 0 Å². The van der Waals surface area contributed by atoms with Crippen LogP contribution in [0.1, 0.15) is 19.8 Å². The minimum absolute atomic E-state index is 0.204. The second-order valence-electron chi connectivity index (χ2n) is 4.15. The van der Waals surface area contributed by atoms with Gasteiger partial charge in [-0.1, -0.05) is 13.3 Å². The van der Waals surface area contributed by atoms with Crippen LogP contribution in [0.2, 0.25) is 0 Å². The number of amides is 1. The molecule has 1 atom stereocenters. The lowest BCUT2D eigenvalue weighted by molar-refractivity contribution is -0.128. The van der Waals surface area contributed by atoms with E-state index in [1.807, 2.05) is 12.3 Å². The van der Waals surface area contributed by atoms with Crippen molar-refractivity contribution in [3.63, 3.8) is 0 Å². The number of nitrogens with one attached hydrogen (secondary N) is 1. The quantitative estimate of drug-likeness (QED) is 0.454. The van der Waals surface area contributed by atoms with Gasteiger partial charge in [-0.2, -0.15) is 0 Å². The van der Waals surface area contributed by atoms with E-state index in [-0.39, 0.29) is 4.90 Å². The molecule has 3 N–H and O–H groups in total. The molecule has 0 spiro atoms. The van der Waals surface area contributed by atoms with E-state index in [2.05, 4.69) is 0 Å². The number of carbonyl (C=O) groups excluding carboxylic acids is 1. The van der Waals surface area contributed by atoms with Gasteiger partial charge in [0.1, 0.15) is 5.75 Å². The molecule has 0 aliphatic heterocycles. The van der Waals surface area contributed by atoms with E-state index in [9.17, 15) is 13.2 Å². The lowest BCUT2D eigenvalue weighted by Gasteiger charge is -2.16. The molecule has 0 fully saturated rings. The summed E-state index contributed by atoms with van der Waals surface area (Å²) in [6, 6.07) is 5.91. The maximum absolute atomic E-state index is 11.5. The Morgan fingerprint density at radius 2 is 1.95 bits per heavy atom. The highest BCUT2D eigenvalue weighted by Gasteiger charge is 2.18. The van der Waals surface area contributed by atoms with Gasteiger partial charge in [0.05, 0.1) is 4.90 Å². The van der Waals surface area contributed by atoms with Crippen molar-refractivity contribution in [1.29, 1.82) is 0 Å². The molecule has 1 amide bonds. The zero-order valence-electron chi connectivity index (χ0n) is 10.9. The van der Waals surface area contributed by atoms with Gasteiger partial charge in [-0.15, -0.1) is 0 Å². The first-order chi connectivity index (χ1) is 8.88. The van der Waals surface area contributed by atoms with Crippen molar-refractivity contribution in [2.24, 2.45) is 5.84 Å². The number of benzene rings is 1. The predicted molar refractivity (Wildman–Crippen MR) is 71.2 cm³/mol. The minimum Gasteiger partial charge on any atom is -0.481 e. The van der Waals surface area contributed by atoms with Crippen LogP contribution < -0.4 is 16.0 Å². The molecule has 0 aromatic heterocycles. The molecule has 1 aromatic carbocycles. The highest BCUT2D eigenvalue weighted by molar-refractivity contribution is 7.90. The molecule has 7 heteroatoms. The molecule has 6 nitrogen and oxygen atoms in total. The minimum atomic E-state index is -3.23. The molecule has 0 saturated carbocycles. The van der Waals surface area contributed by atoms with Crippen LogP contribution in [0.3, 0.4) is 0 Å². The highest BCUT2D eigenvalue weighted by Crippen LogP contribution is 2.18. The first-order valence-electron chi connectivity index (χ1n) is 5.85. The molecule has 0 aliphatic carbocycles. The monoisotopic (exact) mass is 286 g/mol. The fraction of sp³-hybridized carbons (Fsp3) is 0.417. The predicted octanol–water partition coefficient (Wildman–Crippen LogP) is 0.628. The number of carbonyl (C=O) groups is 1. The van der Waals surface area contributed by atoms with E-state index in [0.29, 0.717) is 12.2 Å². The van der Waals surface area contributed by atoms with Crippen molar-refractivity contribution < 1.29 is 17.9 Å². The maximum Gasteiger partial charge on any atom is 0.274 e. The Morgan fingerprint density at radius 3 is 2.37 bits per heavy atom. The largest absolute Gasteiger partial charge is 0.481 e. The zero-order chi connectivity index (χ0) is 14.5. The molecule has 0 aliphatic rings. The van der Waals surface area contributed by atoms with E-state index in [1.165, 1.54) is 24.3 Å². The van der Waals surface area contributed by atoms with Crippen LogP contribution in [-0.2, 0) is 14.6 Å². The topological polar surface area (TPSA) is 98.5 Å². The van der Waals surface area contributed by atoms with Crippen LogP contribution >= 0.6 is 0 Å². The smallest absolute Gasteiger partial charge is 0.274 e. The van der Waals surface area contributed by atoms with Crippen molar-refractivity contribution >= 4 is 15.7 Å². The summed E-state index contributed by atoms with van der Waals surface area (Å²) >= 11 is 0. The van der Waals surface area contributed by atoms with Crippen molar-refractivity contribution in [2.45, 2.75) is 30.8 Å². The van der Waals surface area contributed by atoms with E-state index in [4.69, 9.17) is 10.6 Å². The lowest BCUT2D eigenvalue weighted by Crippen LogP contribution is -2.42. The number of rotatable bonds is 6. The number of hydrogen-bond acceptors (Lipinski definition) is 5. The number of ether oxygens (including phenoxy) is 1. The Hall–Kier alpha value is -1.60. The molecular weight excluding hydrogens is 268 g/mol. The standard InChI is InChI=1S/C12H18N2O4S/c1-3-4-11(12(15)14-13)18-9-5-7-10(8-6-9)19(2,16)17/h5-8,11H,3-4,13H2,1-2H3,(H,14,15). The Balaban J connectivity index is 2.83. The van der Waals surface area contributed by atoms with Crippen molar-refractivity contribution in [1.82, 2.24) is 5.43 Å². The van der Waals surface area contributed by atoms with Gasteiger partial charge in [0, 0.05) is 6.26 Å². The van der Waals surface area contributed by atoms with Crippen molar-refractivity contribution in [3.8, 4) is 5.75 Å². The van der Waals surface area contributed by atoms with E-state index in [0.717, 1.165) is 12.7 Å². The number of nitrogens with two attached hydrogens (primary N) is 1. The van der Waals surface area contributed by atoms with Crippen LogP contribution in [0, 0.1) is 0 Å². The lowest BCUT2D eigenvalue weighted by atomic mass is 10.2. The van der Waals surface area contributed by atoms with Gasteiger partial charge in [-0.05, 0) is 30.7 Å². The fourth-order valence-corrected chi connectivity index (χ4v) is 2.16. The Labute approximate surface area is 112 Å². The number of hydrogen-bond donors (Lipinski definition) is 2. The van der Waals surface area contributed by atoms with Crippen LogP contribution in [-0.4, -0.2) is 26.7 Å². The summed E-state index contributed by atoms with van der Waals surface area (Å²) in [6.45, 7) is 1.92. The molecule has 0 radical (unpaired) electrons. The third kappa shape index (κ3) is 4.53. The second kappa shape index (κ2) is 6.53. The molecular formula is C12H18N2O4S. The first kappa shape index (κ1) is 15.5. The SMILES string of the molecule is CCCC(Oc1ccc(S(C)(=O)=O)cc1)C(=O)NN. The Morgan fingerprint density at radius 1 is 1.37 bits per heavy atom. The summed E-state index contributed by atoms with van der Waals surface area (Å²) in [5, 5.41) is 0. The summed E-state index contributed by atoms with van der Waals surface area (Å²) in [5.74, 6) is 5.10. The van der Waals surface area contributed by atoms with Crippen molar-refractivity contribution in [2.75, 3.05) is 6.26 Å². The summed E-state index contributed by atoms with van der Waals surface area (Å²) in [4.78, 5) is 11.7. The van der Waals surface area contributed by atoms with Gasteiger partial charge in [0.2, 0.25) is 0 Å². The molecule has 1 rings (SSSR count). The molecule has 0 saturated heterocycles. The molecule has 106 valence electrons. The van der Waals surface area contributed by atoms with E-state index in [1.54, 1.807) is 0 Å². The Kier molecular flexibility index (Phi) is 5.31. The first-order valence-corrected chi connectivity index (χ1v) is 7.75. The molecule has 19 heavy (non-hydrogen) atoms. The highest BCUT2D eigenvalue weighted by atomic mass is 32.2. The summed E-state index contributed by atoms with van der Waals surface area (Å²) in [7, 11) is -3.23. The van der Waals surface area contributed by atoms with Crippen molar-refractivity contribution in [3.05, 3.63) is 24.3 Å². The molecule has 1 aromatic rings. The van der Waals surface area contributed by atoms with E-state index < -0.39 is 21.8 Å². The zero-order valence-corrected chi connectivity index (χ0v) is 11.7. The normalized spacial score (nSPS) is 12.8. The number of sulfone groups is 1. The average Bonchev–Trinajstić information content (AvgIpc) is 2.37. The van der Waals surface area contributed by atoms with Crippen LogP contribution in [0.4, 0.5) is 0 Å². The molecule has 0 heterocycles. The van der Waals surface area contributed by atoms with Gasteiger partial charge in [0.25, 0.3) is 5.91 Å². The maximum atomic E-state index is 11.5. The summed E-state index contributed by atoms with van der Waals surface area (Å²) in [5.41, 5.74) is 2.05. The summed E-state index contributed by atoms with van der Waals surface area (Å²) in [6.07, 6.45) is 1.74. The van der Waals surface area contributed by atoms with Crippen LogP contribution in [0.25, 0.3) is 0 Å². The third-order valence-electron chi connectivity index (χ3n) is 2.52. The number of hydrazine groups is 1. The second-order valence-corrected chi connectivity index (χ2v) is 6.16. The van der Waals surface area contributed by atoms with Gasteiger partial charge < -0.3 is 4.74 Å². The summed E-state index contributed by atoms with van der Waals surface area (Å²) < 4.78 is 28.1. The van der Waals surface area contributed by atoms with Gasteiger partial charge in [-0.3, -0.25) is 10.2 Å². The van der Waals surface area contributed by atoms with Crippen LogP contribution in [0.5, 0.6) is 5.75 Å². The molecule has 0 bridgehead atoms. The van der Waals surface area contributed by atoms with Gasteiger partial charge in [0.15, 0.2) is 15.9 Å². The van der Waals surface area contributed by atoms with Crippen LogP contribution in [0.15, 0.2) is 29.2 Å². The van der Waals surface area contributed by atoms with E-state index >= 15 is 0 Å². The molecule has 1 unspecified atom stereocenters. The fourth-order valence-electron chi connectivity index (χ4n) is 1.53. The average molecular weight is 286 g/mol.